The van der Waals surface area contributed by atoms with E-state index in [0.717, 1.165) is 5.56 Å². The molecule has 10 heteroatoms. The van der Waals surface area contributed by atoms with E-state index in [-0.39, 0.29) is 18.1 Å². The van der Waals surface area contributed by atoms with Crippen LogP contribution in [0.15, 0.2) is 65.6 Å². The average molecular weight is 510 g/mol. The molecule has 0 saturated carbocycles. The minimum absolute atomic E-state index is 0.112. The van der Waals surface area contributed by atoms with Crippen molar-refractivity contribution in [2.24, 2.45) is 0 Å². The number of amides is 1. The summed E-state index contributed by atoms with van der Waals surface area (Å²) in [7, 11) is 0. The fraction of sp³-hybridized carbons (Fsp3) is 0.200. The van der Waals surface area contributed by atoms with Gasteiger partial charge in [-0.25, -0.2) is 9.97 Å². The standard InChI is InChI=1S/C25H21Cl2N5O3/c26-19-14-17(5-6-21(19)35-15-16-7-8-28-22(27)13-16)24(34)31-9-11-32(12-10-31)25-29-20-4-2-1-3-18(20)23(33)30-25/h1-8,13-14H,9-12,15H2,(H,29,30,33). The second-order valence-electron chi connectivity index (χ2n) is 8.11. The first-order chi connectivity index (χ1) is 17.0. The monoisotopic (exact) mass is 509 g/mol. The highest BCUT2D eigenvalue weighted by atomic mass is 35.5. The molecule has 1 aliphatic heterocycles. The molecule has 1 N–H and O–H groups in total. The highest BCUT2D eigenvalue weighted by Crippen LogP contribution is 2.27. The molecule has 8 nitrogen and oxygen atoms in total. The summed E-state index contributed by atoms with van der Waals surface area (Å²) in [6.07, 6.45) is 1.61. The molecule has 1 saturated heterocycles. The van der Waals surface area contributed by atoms with Crippen LogP contribution in [0.25, 0.3) is 10.9 Å². The van der Waals surface area contributed by atoms with Crippen LogP contribution in [0.1, 0.15) is 15.9 Å². The van der Waals surface area contributed by atoms with Gasteiger partial charge in [0.05, 0.1) is 15.9 Å². The smallest absolute Gasteiger partial charge is 0.260 e. The van der Waals surface area contributed by atoms with Crippen molar-refractivity contribution >= 4 is 46.0 Å². The number of hydrogen-bond acceptors (Lipinski definition) is 6. The fourth-order valence-corrected chi connectivity index (χ4v) is 4.40. The van der Waals surface area contributed by atoms with Gasteiger partial charge in [-0.15, -0.1) is 0 Å². The van der Waals surface area contributed by atoms with Crippen LogP contribution >= 0.6 is 23.2 Å². The normalized spacial score (nSPS) is 13.8. The van der Waals surface area contributed by atoms with Crippen molar-refractivity contribution in [2.45, 2.75) is 6.61 Å². The summed E-state index contributed by atoms with van der Waals surface area (Å²) in [4.78, 5) is 40.6. The minimum Gasteiger partial charge on any atom is -0.487 e. The number of H-pyrrole nitrogens is 1. The van der Waals surface area contributed by atoms with E-state index in [0.29, 0.717) is 64.5 Å². The second-order valence-corrected chi connectivity index (χ2v) is 8.90. The lowest BCUT2D eigenvalue weighted by Gasteiger charge is -2.35. The predicted octanol–water partition coefficient (Wildman–Crippen LogP) is 4.17. The SMILES string of the molecule is O=C(c1ccc(OCc2ccnc(Cl)c2)c(Cl)c1)N1CCN(c2nc3ccccc3c(=O)[nH]2)CC1. The number of benzene rings is 2. The first kappa shape index (κ1) is 23.1. The van der Waals surface area contributed by atoms with Gasteiger partial charge in [-0.3, -0.25) is 14.6 Å². The van der Waals surface area contributed by atoms with Crippen molar-refractivity contribution in [1.82, 2.24) is 19.9 Å². The molecule has 1 aliphatic rings. The molecule has 2 aromatic heterocycles. The van der Waals surface area contributed by atoms with Gasteiger partial charge in [-0.2, -0.15) is 0 Å². The van der Waals surface area contributed by atoms with E-state index in [9.17, 15) is 9.59 Å². The Bertz CT molecular complexity index is 1450. The molecule has 2 aromatic carbocycles. The zero-order valence-electron chi connectivity index (χ0n) is 18.6. The number of anilines is 1. The number of carbonyl (C=O) groups excluding carboxylic acids is 1. The number of para-hydroxylation sites is 1. The van der Waals surface area contributed by atoms with Crippen LogP contribution in [0.5, 0.6) is 5.75 Å². The summed E-state index contributed by atoms with van der Waals surface area (Å²) in [6, 6.07) is 15.8. The molecule has 0 atom stereocenters. The van der Waals surface area contributed by atoms with Crippen molar-refractivity contribution in [3.05, 3.63) is 92.5 Å². The lowest BCUT2D eigenvalue weighted by atomic mass is 10.1. The van der Waals surface area contributed by atoms with Crippen molar-refractivity contribution in [1.29, 1.82) is 0 Å². The summed E-state index contributed by atoms with van der Waals surface area (Å²) >= 11 is 12.3. The first-order valence-electron chi connectivity index (χ1n) is 11.0. The number of aromatic nitrogens is 3. The highest BCUT2D eigenvalue weighted by Gasteiger charge is 2.24. The number of aromatic amines is 1. The highest BCUT2D eigenvalue weighted by molar-refractivity contribution is 6.32. The van der Waals surface area contributed by atoms with Gasteiger partial charge in [0.15, 0.2) is 0 Å². The lowest BCUT2D eigenvalue weighted by Crippen LogP contribution is -2.49. The van der Waals surface area contributed by atoms with Crippen molar-refractivity contribution in [3.8, 4) is 5.75 Å². The van der Waals surface area contributed by atoms with Gasteiger partial charge in [0.25, 0.3) is 11.5 Å². The predicted molar refractivity (Wildman–Crippen MR) is 136 cm³/mol. The molecule has 3 heterocycles. The maximum absolute atomic E-state index is 13.1. The Balaban J connectivity index is 1.22. The Hall–Kier alpha value is -3.62. The van der Waals surface area contributed by atoms with Crippen LogP contribution in [0.4, 0.5) is 5.95 Å². The van der Waals surface area contributed by atoms with E-state index in [1.165, 1.54) is 0 Å². The van der Waals surface area contributed by atoms with Crippen LogP contribution in [0, 0.1) is 0 Å². The van der Waals surface area contributed by atoms with Crippen molar-refractivity contribution in [3.63, 3.8) is 0 Å². The second kappa shape index (κ2) is 9.93. The van der Waals surface area contributed by atoms with Gasteiger partial charge in [0.2, 0.25) is 5.95 Å². The quantitative estimate of drug-likeness (QED) is 0.406. The maximum Gasteiger partial charge on any atom is 0.260 e. The molecule has 1 fully saturated rings. The van der Waals surface area contributed by atoms with Crippen LogP contribution in [-0.2, 0) is 6.61 Å². The molecule has 1 amide bonds. The number of ether oxygens (including phenoxy) is 1. The molecular weight excluding hydrogens is 489 g/mol. The zero-order chi connectivity index (χ0) is 24.4. The zero-order valence-corrected chi connectivity index (χ0v) is 20.1. The third-order valence-electron chi connectivity index (χ3n) is 5.83. The number of pyridine rings is 1. The summed E-state index contributed by atoms with van der Waals surface area (Å²) in [5.41, 5.74) is 1.82. The molecule has 4 aromatic rings. The van der Waals surface area contributed by atoms with E-state index in [4.69, 9.17) is 27.9 Å². The molecule has 0 spiro atoms. The van der Waals surface area contributed by atoms with Crippen molar-refractivity contribution < 1.29 is 9.53 Å². The number of hydrogen-bond donors (Lipinski definition) is 1. The van der Waals surface area contributed by atoms with E-state index < -0.39 is 0 Å². The molecule has 35 heavy (non-hydrogen) atoms. The first-order valence-corrected chi connectivity index (χ1v) is 11.8. The molecular formula is C25H21Cl2N5O3. The molecule has 0 unspecified atom stereocenters. The minimum atomic E-state index is -0.173. The summed E-state index contributed by atoms with van der Waals surface area (Å²) in [6.45, 7) is 2.37. The van der Waals surface area contributed by atoms with Gasteiger partial charge in [0.1, 0.15) is 17.5 Å². The number of nitrogens with zero attached hydrogens (tertiary/aromatic N) is 4. The topological polar surface area (TPSA) is 91.4 Å². The third-order valence-corrected chi connectivity index (χ3v) is 6.33. The van der Waals surface area contributed by atoms with E-state index in [1.54, 1.807) is 47.5 Å². The fourth-order valence-electron chi connectivity index (χ4n) is 3.97. The summed E-state index contributed by atoms with van der Waals surface area (Å²) < 4.78 is 5.78. The van der Waals surface area contributed by atoms with Crippen LogP contribution < -0.4 is 15.2 Å². The maximum atomic E-state index is 13.1. The number of nitrogens with one attached hydrogen (secondary N) is 1. The number of carbonyl (C=O) groups is 1. The molecule has 0 bridgehead atoms. The number of rotatable bonds is 5. The largest absolute Gasteiger partial charge is 0.487 e. The molecule has 178 valence electrons. The number of fused-ring (bicyclic) bond motifs is 1. The summed E-state index contributed by atoms with van der Waals surface area (Å²) in [5.74, 6) is 0.882. The average Bonchev–Trinajstić information content (AvgIpc) is 2.87. The van der Waals surface area contributed by atoms with Gasteiger partial charge >= 0.3 is 0 Å². The van der Waals surface area contributed by atoms with E-state index >= 15 is 0 Å². The van der Waals surface area contributed by atoms with E-state index in [1.807, 2.05) is 23.1 Å². The third kappa shape index (κ3) is 5.08. The van der Waals surface area contributed by atoms with Gasteiger partial charge in [-0.1, -0.05) is 35.3 Å². The van der Waals surface area contributed by atoms with Crippen LogP contribution in [0.3, 0.4) is 0 Å². The molecule has 5 rings (SSSR count). The van der Waals surface area contributed by atoms with Crippen molar-refractivity contribution in [2.75, 3.05) is 31.1 Å². The van der Waals surface area contributed by atoms with Gasteiger partial charge in [0, 0.05) is 37.9 Å². The Morgan fingerprint density at radius 2 is 1.83 bits per heavy atom. The Morgan fingerprint density at radius 3 is 2.60 bits per heavy atom. The number of halogens is 2. The molecule has 0 aliphatic carbocycles. The Labute approximate surface area is 211 Å². The summed E-state index contributed by atoms with van der Waals surface area (Å²) in [5, 5.41) is 1.30. The Morgan fingerprint density at radius 1 is 1.03 bits per heavy atom. The Kier molecular flexibility index (Phi) is 6.57. The lowest BCUT2D eigenvalue weighted by molar-refractivity contribution is 0.0746. The molecule has 0 radical (unpaired) electrons. The van der Waals surface area contributed by atoms with Crippen LogP contribution in [0.2, 0.25) is 10.2 Å². The van der Waals surface area contributed by atoms with Gasteiger partial charge < -0.3 is 14.5 Å². The van der Waals surface area contributed by atoms with Crippen LogP contribution in [-0.4, -0.2) is 51.9 Å². The number of piperazine rings is 1. The van der Waals surface area contributed by atoms with E-state index in [2.05, 4.69) is 15.0 Å². The van der Waals surface area contributed by atoms with Gasteiger partial charge in [-0.05, 0) is 48.0 Å².